The average Bonchev–Trinajstić information content (AvgIpc) is 2.64. The first-order chi connectivity index (χ1) is 12.1. The molecule has 2 aromatic carbocycles. The SMILES string of the molecule is CCN(CC)c1ccc(C(=O)NNC(C(N)=O)c2ccccc2)cc1. The van der Waals surface area contributed by atoms with E-state index in [0.717, 1.165) is 18.8 Å². The van der Waals surface area contributed by atoms with Crippen molar-refractivity contribution >= 4 is 17.5 Å². The normalized spacial score (nSPS) is 11.6. The lowest BCUT2D eigenvalue weighted by Gasteiger charge is -2.21. The van der Waals surface area contributed by atoms with Gasteiger partial charge >= 0.3 is 0 Å². The molecule has 0 aliphatic rings. The van der Waals surface area contributed by atoms with Crippen LogP contribution in [0, 0.1) is 0 Å². The van der Waals surface area contributed by atoms with Crippen LogP contribution in [0.2, 0.25) is 0 Å². The highest BCUT2D eigenvalue weighted by Crippen LogP contribution is 2.15. The molecule has 0 spiro atoms. The first-order valence-corrected chi connectivity index (χ1v) is 8.32. The molecule has 0 fully saturated rings. The number of hydrogen-bond donors (Lipinski definition) is 3. The van der Waals surface area contributed by atoms with Gasteiger partial charge in [-0.2, -0.15) is 0 Å². The highest BCUT2D eigenvalue weighted by molar-refractivity contribution is 5.94. The number of amides is 2. The molecule has 25 heavy (non-hydrogen) atoms. The van der Waals surface area contributed by atoms with Gasteiger partial charge in [-0.15, -0.1) is 0 Å². The molecule has 2 aromatic rings. The van der Waals surface area contributed by atoms with Gasteiger partial charge in [0, 0.05) is 24.3 Å². The number of hydrazine groups is 1. The summed E-state index contributed by atoms with van der Waals surface area (Å²) in [5, 5.41) is 0. The second kappa shape index (κ2) is 8.84. The Kier molecular flexibility index (Phi) is 6.54. The summed E-state index contributed by atoms with van der Waals surface area (Å²) in [5.74, 6) is -0.892. The zero-order valence-electron chi connectivity index (χ0n) is 14.5. The van der Waals surface area contributed by atoms with Crippen molar-refractivity contribution in [2.24, 2.45) is 5.73 Å². The summed E-state index contributed by atoms with van der Waals surface area (Å²) in [6, 6.07) is 15.5. The Balaban J connectivity index is 2.02. The highest BCUT2D eigenvalue weighted by atomic mass is 16.2. The molecule has 0 saturated carbocycles. The molecule has 6 nitrogen and oxygen atoms in total. The fraction of sp³-hybridized carbons (Fsp3) is 0.263. The number of rotatable bonds is 8. The van der Waals surface area contributed by atoms with Gasteiger partial charge in [0.15, 0.2) is 0 Å². The largest absolute Gasteiger partial charge is 0.372 e. The van der Waals surface area contributed by atoms with Gasteiger partial charge in [0.1, 0.15) is 6.04 Å². The minimum absolute atomic E-state index is 0.326. The van der Waals surface area contributed by atoms with Crippen molar-refractivity contribution in [3.63, 3.8) is 0 Å². The molecule has 0 radical (unpaired) electrons. The zero-order chi connectivity index (χ0) is 18.2. The third-order valence-electron chi connectivity index (χ3n) is 4.01. The maximum absolute atomic E-state index is 12.3. The summed E-state index contributed by atoms with van der Waals surface area (Å²) >= 11 is 0. The fourth-order valence-corrected chi connectivity index (χ4v) is 2.59. The average molecular weight is 340 g/mol. The lowest BCUT2D eigenvalue weighted by Crippen LogP contribution is -2.45. The molecule has 1 unspecified atom stereocenters. The quantitative estimate of drug-likeness (QED) is 0.641. The van der Waals surface area contributed by atoms with E-state index in [-0.39, 0.29) is 5.91 Å². The Morgan fingerprint density at radius 2 is 1.60 bits per heavy atom. The van der Waals surface area contributed by atoms with Crippen molar-refractivity contribution in [2.75, 3.05) is 18.0 Å². The maximum atomic E-state index is 12.3. The summed E-state index contributed by atoms with van der Waals surface area (Å²) in [6.45, 7) is 5.98. The van der Waals surface area contributed by atoms with Crippen LogP contribution in [0.3, 0.4) is 0 Å². The third kappa shape index (κ3) is 4.81. The number of nitrogens with zero attached hydrogens (tertiary/aromatic N) is 1. The van der Waals surface area contributed by atoms with Gasteiger partial charge in [-0.1, -0.05) is 30.3 Å². The number of anilines is 1. The van der Waals surface area contributed by atoms with E-state index in [0.29, 0.717) is 11.1 Å². The summed E-state index contributed by atoms with van der Waals surface area (Å²) in [5.41, 5.74) is 12.9. The number of hydrogen-bond acceptors (Lipinski definition) is 4. The van der Waals surface area contributed by atoms with E-state index in [1.165, 1.54) is 0 Å². The molecule has 0 aliphatic carbocycles. The van der Waals surface area contributed by atoms with E-state index in [4.69, 9.17) is 5.73 Å². The second-order valence-electron chi connectivity index (χ2n) is 5.56. The Labute approximate surface area is 148 Å². The van der Waals surface area contributed by atoms with Crippen molar-refractivity contribution in [3.8, 4) is 0 Å². The van der Waals surface area contributed by atoms with Crippen LogP contribution < -0.4 is 21.5 Å². The Bertz CT molecular complexity index is 697. The van der Waals surface area contributed by atoms with Crippen LogP contribution in [-0.4, -0.2) is 24.9 Å². The molecule has 0 saturated heterocycles. The second-order valence-corrected chi connectivity index (χ2v) is 5.56. The van der Waals surface area contributed by atoms with E-state index in [2.05, 4.69) is 29.6 Å². The summed E-state index contributed by atoms with van der Waals surface area (Å²) in [6.07, 6.45) is 0. The van der Waals surface area contributed by atoms with Gasteiger partial charge in [0.2, 0.25) is 5.91 Å². The Morgan fingerprint density at radius 1 is 1.00 bits per heavy atom. The smallest absolute Gasteiger partial charge is 0.265 e. The first kappa shape index (κ1) is 18.5. The van der Waals surface area contributed by atoms with E-state index >= 15 is 0 Å². The number of carbonyl (C=O) groups excluding carboxylic acids is 2. The van der Waals surface area contributed by atoms with E-state index in [9.17, 15) is 9.59 Å². The first-order valence-electron chi connectivity index (χ1n) is 8.32. The van der Waals surface area contributed by atoms with Crippen molar-refractivity contribution in [2.45, 2.75) is 19.9 Å². The third-order valence-corrected chi connectivity index (χ3v) is 4.01. The zero-order valence-corrected chi connectivity index (χ0v) is 14.5. The molecule has 2 amide bonds. The minimum atomic E-state index is -0.792. The molecule has 2 rings (SSSR count). The predicted molar refractivity (Wildman–Crippen MR) is 99.0 cm³/mol. The number of benzene rings is 2. The van der Waals surface area contributed by atoms with Gasteiger partial charge in [-0.3, -0.25) is 15.0 Å². The van der Waals surface area contributed by atoms with Crippen LogP contribution in [0.4, 0.5) is 5.69 Å². The predicted octanol–water partition coefficient (Wildman–Crippen LogP) is 1.99. The molecular formula is C19H24N4O2. The number of carbonyl (C=O) groups is 2. The van der Waals surface area contributed by atoms with E-state index < -0.39 is 11.9 Å². The van der Waals surface area contributed by atoms with E-state index in [1.54, 1.807) is 36.4 Å². The van der Waals surface area contributed by atoms with Crippen LogP contribution in [0.15, 0.2) is 54.6 Å². The lowest BCUT2D eigenvalue weighted by atomic mass is 10.1. The molecule has 0 bridgehead atoms. The Morgan fingerprint density at radius 3 is 2.12 bits per heavy atom. The molecule has 6 heteroatoms. The maximum Gasteiger partial charge on any atom is 0.265 e. The number of nitrogens with two attached hydrogens (primary N) is 1. The van der Waals surface area contributed by atoms with Crippen LogP contribution in [0.1, 0.15) is 35.8 Å². The van der Waals surface area contributed by atoms with Crippen LogP contribution >= 0.6 is 0 Å². The Hall–Kier alpha value is -2.86. The molecule has 0 aliphatic heterocycles. The monoisotopic (exact) mass is 340 g/mol. The van der Waals surface area contributed by atoms with Gasteiger partial charge in [0.25, 0.3) is 5.91 Å². The number of nitrogens with one attached hydrogen (secondary N) is 2. The molecule has 0 aromatic heterocycles. The van der Waals surface area contributed by atoms with E-state index in [1.807, 2.05) is 18.2 Å². The van der Waals surface area contributed by atoms with Gasteiger partial charge in [-0.05, 0) is 43.7 Å². The topological polar surface area (TPSA) is 87.5 Å². The molecule has 1 atom stereocenters. The van der Waals surface area contributed by atoms with Crippen molar-refractivity contribution in [1.29, 1.82) is 0 Å². The summed E-state index contributed by atoms with van der Waals surface area (Å²) in [7, 11) is 0. The van der Waals surface area contributed by atoms with Crippen LogP contribution in [0.25, 0.3) is 0 Å². The van der Waals surface area contributed by atoms with Gasteiger partial charge in [-0.25, -0.2) is 5.43 Å². The summed E-state index contributed by atoms with van der Waals surface area (Å²) < 4.78 is 0. The van der Waals surface area contributed by atoms with Crippen molar-refractivity contribution in [3.05, 3.63) is 65.7 Å². The van der Waals surface area contributed by atoms with Crippen LogP contribution in [0.5, 0.6) is 0 Å². The van der Waals surface area contributed by atoms with Crippen LogP contribution in [-0.2, 0) is 4.79 Å². The molecular weight excluding hydrogens is 316 g/mol. The summed E-state index contributed by atoms with van der Waals surface area (Å²) in [4.78, 5) is 26.1. The molecule has 4 N–H and O–H groups in total. The molecule has 132 valence electrons. The fourth-order valence-electron chi connectivity index (χ4n) is 2.59. The van der Waals surface area contributed by atoms with Gasteiger partial charge < -0.3 is 10.6 Å². The lowest BCUT2D eigenvalue weighted by molar-refractivity contribution is -0.120. The van der Waals surface area contributed by atoms with Crippen molar-refractivity contribution in [1.82, 2.24) is 10.9 Å². The standard InChI is InChI=1S/C19H24N4O2/c1-3-23(4-2)16-12-10-15(11-13-16)19(25)22-21-17(18(20)24)14-8-6-5-7-9-14/h5-13,17,21H,3-4H2,1-2H3,(H2,20,24)(H,22,25). The van der Waals surface area contributed by atoms with Crippen molar-refractivity contribution < 1.29 is 9.59 Å². The highest BCUT2D eigenvalue weighted by Gasteiger charge is 2.18. The number of primary amides is 1. The minimum Gasteiger partial charge on any atom is -0.372 e. The van der Waals surface area contributed by atoms with Gasteiger partial charge in [0.05, 0.1) is 0 Å². The molecule has 0 heterocycles.